The van der Waals surface area contributed by atoms with Gasteiger partial charge in [-0.25, -0.2) is 14.5 Å². The van der Waals surface area contributed by atoms with E-state index in [1.807, 2.05) is 66.9 Å². The number of halogens is 1. The lowest BCUT2D eigenvalue weighted by Crippen LogP contribution is -2.36. The maximum atomic E-state index is 12.3. The molecular formula is C21H19BrN6OS. The molecule has 0 fully saturated rings. The van der Waals surface area contributed by atoms with Crippen LogP contribution in [0.5, 0.6) is 0 Å². The number of para-hydroxylation sites is 1. The number of carbonyl (C=O) groups excluding carboxylic acids is 1. The van der Waals surface area contributed by atoms with Gasteiger partial charge in [-0.05, 0) is 31.2 Å². The Bertz CT molecular complexity index is 1130. The van der Waals surface area contributed by atoms with Gasteiger partial charge in [0.2, 0.25) is 0 Å². The van der Waals surface area contributed by atoms with Crippen molar-refractivity contribution >= 4 is 33.3 Å². The predicted molar refractivity (Wildman–Crippen MR) is 120 cm³/mol. The van der Waals surface area contributed by atoms with Crippen molar-refractivity contribution in [3.05, 3.63) is 81.3 Å². The highest BCUT2D eigenvalue weighted by Crippen LogP contribution is 2.26. The maximum Gasteiger partial charge on any atom is 0.315 e. The third kappa shape index (κ3) is 4.92. The fraction of sp³-hybridized carbons (Fsp3) is 0.143. The first-order valence-corrected chi connectivity index (χ1v) is 11.0. The van der Waals surface area contributed by atoms with Crippen LogP contribution < -0.4 is 10.6 Å². The molecule has 0 aliphatic carbocycles. The summed E-state index contributed by atoms with van der Waals surface area (Å²) < 4.78 is 2.70. The zero-order valence-electron chi connectivity index (χ0n) is 16.1. The van der Waals surface area contributed by atoms with Crippen LogP contribution in [0.4, 0.5) is 4.79 Å². The normalized spacial score (nSPS) is 11.8. The molecular weight excluding hydrogens is 464 g/mol. The Balaban J connectivity index is 1.31. The van der Waals surface area contributed by atoms with E-state index in [1.54, 1.807) is 10.9 Å². The number of amides is 2. The van der Waals surface area contributed by atoms with Gasteiger partial charge in [0.05, 0.1) is 30.2 Å². The Labute approximate surface area is 186 Å². The van der Waals surface area contributed by atoms with Gasteiger partial charge in [0, 0.05) is 15.4 Å². The molecule has 1 atom stereocenters. The fourth-order valence-corrected chi connectivity index (χ4v) is 3.91. The summed E-state index contributed by atoms with van der Waals surface area (Å²) in [7, 11) is 0. The number of carbonyl (C=O) groups is 1. The number of aromatic nitrogens is 4. The third-order valence-electron chi connectivity index (χ3n) is 4.37. The molecule has 0 spiro atoms. The number of nitrogens with zero attached hydrogens (tertiary/aromatic N) is 4. The van der Waals surface area contributed by atoms with Crippen molar-refractivity contribution in [2.45, 2.75) is 19.5 Å². The highest BCUT2D eigenvalue weighted by Gasteiger charge is 2.14. The molecule has 7 nitrogen and oxygen atoms in total. The standard InChI is InChI=1S/C21H19BrN6OS/c1-14(20-25-19(13-30-20)15-7-9-16(22)10-8-15)24-21(29)23-11-17-12-28(27-26-17)18-5-3-2-4-6-18/h2-10,12-14H,11H2,1H3,(H2,23,24,29). The Morgan fingerprint density at radius 1 is 1.17 bits per heavy atom. The molecule has 2 amide bonds. The molecule has 4 aromatic rings. The summed E-state index contributed by atoms with van der Waals surface area (Å²) in [6.07, 6.45) is 1.80. The average molecular weight is 483 g/mol. The second kappa shape index (κ2) is 9.19. The second-order valence-corrected chi connectivity index (χ2v) is 8.42. The van der Waals surface area contributed by atoms with Gasteiger partial charge in [0.1, 0.15) is 10.7 Å². The van der Waals surface area contributed by atoms with Crippen molar-refractivity contribution in [2.24, 2.45) is 0 Å². The molecule has 2 aromatic heterocycles. The molecule has 0 saturated heterocycles. The van der Waals surface area contributed by atoms with E-state index < -0.39 is 0 Å². The van der Waals surface area contributed by atoms with Crippen LogP contribution in [0.2, 0.25) is 0 Å². The van der Waals surface area contributed by atoms with Gasteiger partial charge in [-0.3, -0.25) is 0 Å². The highest BCUT2D eigenvalue weighted by molar-refractivity contribution is 9.10. The topological polar surface area (TPSA) is 84.7 Å². The van der Waals surface area contributed by atoms with Gasteiger partial charge in [-0.15, -0.1) is 16.4 Å². The Kier molecular flexibility index (Phi) is 6.20. The lowest BCUT2D eigenvalue weighted by atomic mass is 10.2. The molecule has 0 saturated carbocycles. The number of rotatable bonds is 6. The molecule has 2 N–H and O–H groups in total. The van der Waals surface area contributed by atoms with E-state index in [4.69, 9.17) is 0 Å². The Morgan fingerprint density at radius 3 is 2.70 bits per heavy atom. The summed E-state index contributed by atoms with van der Waals surface area (Å²) in [5.74, 6) is 0. The first kappa shape index (κ1) is 20.2. The van der Waals surface area contributed by atoms with E-state index in [2.05, 4.69) is 41.9 Å². The lowest BCUT2D eigenvalue weighted by molar-refractivity contribution is 0.237. The number of hydrogen-bond acceptors (Lipinski definition) is 5. The van der Waals surface area contributed by atoms with Crippen molar-refractivity contribution in [1.29, 1.82) is 0 Å². The van der Waals surface area contributed by atoms with Gasteiger partial charge in [0.15, 0.2) is 0 Å². The summed E-state index contributed by atoms with van der Waals surface area (Å²) in [6, 6.07) is 17.2. The van der Waals surface area contributed by atoms with Gasteiger partial charge in [-0.1, -0.05) is 51.5 Å². The number of hydrogen-bond donors (Lipinski definition) is 2. The molecule has 0 radical (unpaired) electrons. The third-order valence-corrected chi connectivity index (χ3v) is 5.93. The SMILES string of the molecule is CC(NC(=O)NCc1cn(-c2ccccc2)nn1)c1nc(-c2ccc(Br)cc2)cs1. The molecule has 152 valence electrons. The van der Waals surface area contributed by atoms with Crippen molar-refractivity contribution < 1.29 is 4.79 Å². The summed E-state index contributed by atoms with van der Waals surface area (Å²) in [5.41, 5.74) is 3.53. The van der Waals surface area contributed by atoms with E-state index in [0.29, 0.717) is 5.69 Å². The molecule has 1 unspecified atom stereocenters. The monoisotopic (exact) mass is 482 g/mol. The number of thiazole rings is 1. The summed E-state index contributed by atoms with van der Waals surface area (Å²) in [6.45, 7) is 2.20. The van der Waals surface area contributed by atoms with Crippen molar-refractivity contribution in [2.75, 3.05) is 0 Å². The van der Waals surface area contributed by atoms with E-state index in [-0.39, 0.29) is 18.6 Å². The van der Waals surface area contributed by atoms with E-state index >= 15 is 0 Å². The van der Waals surface area contributed by atoms with Crippen LogP contribution in [-0.4, -0.2) is 26.0 Å². The predicted octanol–water partition coefficient (Wildman–Crippen LogP) is 4.71. The first-order valence-electron chi connectivity index (χ1n) is 9.31. The van der Waals surface area contributed by atoms with Gasteiger partial charge in [0.25, 0.3) is 0 Å². The van der Waals surface area contributed by atoms with Crippen LogP contribution in [-0.2, 0) is 6.54 Å². The quantitative estimate of drug-likeness (QED) is 0.416. The van der Waals surface area contributed by atoms with Crippen LogP contribution >= 0.6 is 27.3 Å². The highest BCUT2D eigenvalue weighted by atomic mass is 79.9. The fourth-order valence-electron chi connectivity index (χ4n) is 2.81. The summed E-state index contributed by atoms with van der Waals surface area (Å²) >= 11 is 4.96. The zero-order chi connectivity index (χ0) is 20.9. The van der Waals surface area contributed by atoms with Crippen LogP contribution in [0.3, 0.4) is 0 Å². The molecule has 2 heterocycles. The molecule has 0 bridgehead atoms. The van der Waals surface area contributed by atoms with Crippen LogP contribution in [0.25, 0.3) is 16.9 Å². The van der Waals surface area contributed by atoms with Crippen LogP contribution in [0.1, 0.15) is 23.7 Å². The van der Waals surface area contributed by atoms with Crippen molar-refractivity contribution in [3.63, 3.8) is 0 Å². The lowest BCUT2D eigenvalue weighted by Gasteiger charge is -2.11. The smallest absolute Gasteiger partial charge is 0.315 e. The average Bonchev–Trinajstić information content (AvgIpc) is 3.44. The van der Waals surface area contributed by atoms with Gasteiger partial charge >= 0.3 is 6.03 Å². The minimum Gasteiger partial charge on any atom is -0.332 e. The molecule has 30 heavy (non-hydrogen) atoms. The number of nitrogens with one attached hydrogen (secondary N) is 2. The van der Waals surface area contributed by atoms with Crippen LogP contribution in [0.15, 0.2) is 70.6 Å². The van der Waals surface area contributed by atoms with E-state index in [0.717, 1.165) is 26.4 Å². The number of urea groups is 1. The molecule has 2 aromatic carbocycles. The minimum atomic E-state index is -0.280. The molecule has 0 aliphatic rings. The van der Waals surface area contributed by atoms with E-state index in [1.165, 1.54) is 11.3 Å². The second-order valence-electron chi connectivity index (χ2n) is 6.62. The minimum absolute atomic E-state index is 0.209. The zero-order valence-corrected chi connectivity index (χ0v) is 18.5. The molecule has 4 rings (SSSR count). The summed E-state index contributed by atoms with van der Waals surface area (Å²) in [4.78, 5) is 16.9. The molecule has 9 heteroatoms. The number of benzene rings is 2. The van der Waals surface area contributed by atoms with Crippen LogP contribution in [0, 0.1) is 0 Å². The maximum absolute atomic E-state index is 12.3. The largest absolute Gasteiger partial charge is 0.332 e. The van der Waals surface area contributed by atoms with Gasteiger partial charge < -0.3 is 10.6 Å². The molecule has 0 aliphatic heterocycles. The Hall–Kier alpha value is -3.04. The van der Waals surface area contributed by atoms with Crippen molar-refractivity contribution in [1.82, 2.24) is 30.6 Å². The first-order chi connectivity index (χ1) is 14.6. The summed E-state index contributed by atoms with van der Waals surface area (Å²) in [5, 5.41) is 16.8. The Morgan fingerprint density at radius 2 is 1.93 bits per heavy atom. The van der Waals surface area contributed by atoms with Gasteiger partial charge in [-0.2, -0.15) is 0 Å². The van der Waals surface area contributed by atoms with E-state index in [9.17, 15) is 4.79 Å². The van der Waals surface area contributed by atoms with Crippen molar-refractivity contribution in [3.8, 4) is 16.9 Å².